The number of hydrogen-bond donors (Lipinski definition) is 2. The highest BCUT2D eigenvalue weighted by Crippen LogP contribution is 2.43. The molecule has 0 aliphatic carbocycles. The molecule has 0 saturated carbocycles. The third-order valence-electron chi connectivity index (χ3n) is 4.51. The second kappa shape index (κ2) is 12.2. The van der Waals surface area contributed by atoms with Crippen LogP contribution in [0, 0.1) is 5.92 Å². The lowest BCUT2D eigenvalue weighted by Crippen LogP contribution is -2.51. The molecule has 1 rings (SSSR count). The molecule has 1 aliphatic rings. The van der Waals surface area contributed by atoms with Gasteiger partial charge >= 0.3 is 12.1 Å². The number of carboxylic acid groups (broad SMARTS) is 1. The molecule has 1 amide bonds. The number of rotatable bonds is 13. The summed E-state index contributed by atoms with van der Waals surface area (Å²) in [6, 6.07) is 0. The molecule has 25 heavy (non-hydrogen) atoms. The number of carbonyl (C=O) groups excluding carboxylic acids is 1. The van der Waals surface area contributed by atoms with E-state index >= 15 is 0 Å². The van der Waals surface area contributed by atoms with Crippen LogP contribution < -0.4 is 5.32 Å². The van der Waals surface area contributed by atoms with Crippen LogP contribution in [0.5, 0.6) is 0 Å². The van der Waals surface area contributed by atoms with E-state index < -0.39 is 22.9 Å². The highest BCUT2D eigenvalue weighted by molar-refractivity contribution is 8.03. The summed E-state index contributed by atoms with van der Waals surface area (Å²) in [6.45, 7) is 4.67. The van der Waals surface area contributed by atoms with E-state index in [1.54, 1.807) is 11.5 Å². The maximum absolute atomic E-state index is 12.2. The van der Waals surface area contributed by atoms with Crippen LogP contribution in [0.1, 0.15) is 78.1 Å². The highest BCUT2D eigenvalue weighted by Gasteiger charge is 2.46. The Morgan fingerprint density at radius 1 is 1.08 bits per heavy atom. The molecule has 0 spiro atoms. The summed E-state index contributed by atoms with van der Waals surface area (Å²) in [5.74, 6) is -1.62. The summed E-state index contributed by atoms with van der Waals surface area (Å²) in [6.07, 6.45) is 11.5. The molecule has 2 atom stereocenters. The molecule has 2 N–H and O–H groups in total. The Labute approximate surface area is 156 Å². The Kier molecular flexibility index (Phi) is 10.7. The number of thioether (sulfide) groups is 1. The molecule has 0 saturated heterocycles. The monoisotopic (exact) mass is 371 g/mol. The van der Waals surface area contributed by atoms with Crippen LogP contribution in [-0.2, 0) is 9.53 Å². The number of nitrogens with one attached hydrogen (secondary N) is 1. The van der Waals surface area contributed by atoms with Crippen molar-refractivity contribution < 1.29 is 19.4 Å². The van der Waals surface area contributed by atoms with E-state index in [-0.39, 0.29) is 0 Å². The van der Waals surface area contributed by atoms with Gasteiger partial charge in [-0.05, 0) is 18.2 Å². The zero-order chi connectivity index (χ0) is 18.5. The Bertz CT molecular complexity index is 441. The van der Waals surface area contributed by atoms with Gasteiger partial charge in [-0.1, -0.05) is 71.3 Å². The van der Waals surface area contributed by atoms with E-state index in [4.69, 9.17) is 4.74 Å². The Hall–Kier alpha value is -1.17. The molecule has 0 radical (unpaired) electrons. The standard InChI is InChI=1S/C19H33NO4S/c1-3-5-7-8-9-11-14-24-18(23)20-19(13-10-6-4-2)16(17(21)22)12-15-25-19/h12,15-16H,3-11,13-14H2,1-2H3,(H,20,23)(H,21,22). The highest BCUT2D eigenvalue weighted by atomic mass is 32.2. The lowest BCUT2D eigenvalue weighted by atomic mass is 9.94. The Morgan fingerprint density at radius 3 is 2.40 bits per heavy atom. The SMILES string of the molecule is CCCCCCCCOC(=O)NC1(CCCCC)SC=CC1C(=O)O. The van der Waals surface area contributed by atoms with Crippen molar-refractivity contribution in [2.24, 2.45) is 5.92 Å². The minimum atomic E-state index is -0.908. The minimum absolute atomic E-state index is 0.388. The summed E-state index contributed by atoms with van der Waals surface area (Å²) in [5.41, 5.74) is 0. The van der Waals surface area contributed by atoms with Crippen molar-refractivity contribution in [3.05, 3.63) is 11.5 Å². The third-order valence-corrected chi connectivity index (χ3v) is 5.79. The molecule has 2 unspecified atom stereocenters. The molecule has 0 aromatic rings. The fraction of sp³-hybridized carbons (Fsp3) is 0.789. The third kappa shape index (κ3) is 7.72. The molecule has 0 fully saturated rings. The van der Waals surface area contributed by atoms with Crippen LogP contribution in [0.2, 0.25) is 0 Å². The summed E-state index contributed by atoms with van der Waals surface area (Å²) < 4.78 is 5.29. The van der Waals surface area contributed by atoms with E-state index in [1.807, 2.05) is 0 Å². The quantitative estimate of drug-likeness (QED) is 0.429. The number of aliphatic carboxylic acids is 1. The number of alkyl carbamates (subject to hydrolysis) is 1. The summed E-state index contributed by atoms with van der Waals surface area (Å²) in [5, 5.41) is 14.1. The average Bonchev–Trinajstić information content (AvgIpc) is 2.98. The van der Waals surface area contributed by atoms with Crippen molar-refractivity contribution in [3.8, 4) is 0 Å². The number of ether oxygens (including phenoxy) is 1. The van der Waals surface area contributed by atoms with Crippen LogP contribution in [0.3, 0.4) is 0 Å². The first kappa shape index (κ1) is 21.9. The maximum Gasteiger partial charge on any atom is 0.408 e. The molecule has 0 bridgehead atoms. The van der Waals surface area contributed by atoms with Gasteiger partial charge in [-0.15, -0.1) is 11.8 Å². The largest absolute Gasteiger partial charge is 0.481 e. The number of hydrogen-bond acceptors (Lipinski definition) is 4. The van der Waals surface area contributed by atoms with Crippen molar-refractivity contribution in [1.82, 2.24) is 5.32 Å². The van der Waals surface area contributed by atoms with Crippen molar-refractivity contribution in [2.45, 2.75) is 82.9 Å². The van der Waals surface area contributed by atoms with E-state index in [1.165, 1.54) is 37.4 Å². The smallest absolute Gasteiger partial charge is 0.408 e. The fourth-order valence-corrected chi connectivity index (χ4v) is 4.24. The van der Waals surface area contributed by atoms with Crippen LogP contribution in [0.25, 0.3) is 0 Å². The minimum Gasteiger partial charge on any atom is -0.481 e. The van der Waals surface area contributed by atoms with E-state index in [0.29, 0.717) is 13.0 Å². The van der Waals surface area contributed by atoms with Crippen molar-refractivity contribution in [1.29, 1.82) is 0 Å². The van der Waals surface area contributed by atoms with Gasteiger partial charge in [-0.2, -0.15) is 0 Å². The summed E-state index contributed by atoms with van der Waals surface area (Å²) in [4.78, 5) is 22.9. The van der Waals surface area contributed by atoms with Crippen LogP contribution in [-0.4, -0.2) is 28.6 Å². The molecule has 5 nitrogen and oxygen atoms in total. The first-order valence-corrected chi connectivity index (χ1v) is 10.5. The number of carbonyl (C=O) groups is 2. The predicted molar refractivity (Wildman–Crippen MR) is 103 cm³/mol. The van der Waals surface area contributed by atoms with Gasteiger partial charge in [-0.3, -0.25) is 4.79 Å². The van der Waals surface area contributed by atoms with Crippen LogP contribution in [0.4, 0.5) is 4.79 Å². The molecule has 1 aliphatic heterocycles. The van der Waals surface area contributed by atoms with E-state index in [2.05, 4.69) is 19.2 Å². The van der Waals surface area contributed by atoms with Gasteiger partial charge in [0.05, 0.1) is 6.61 Å². The van der Waals surface area contributed by atoms with Gasteiger partial charge in [0.25, 0.3) is 0 Å². The lowest BCUT2D eigenvalue weighted by molar-refractivity contribution is -0.141. The molecule has 0 aromatic heterocycles. The van der Waals surface area contributed by atoms with Gasteiger partial charge < -0.3 is 15.2 Å². The first-order chi connectivity index (χ1) is 12.1. The molecular formula is C19H33NO4S. The van der Waals surface area contributed by atoms with E-state index in [9.17, 15) is 14.7 Å². The van der Waals surface area contributed by atoms with Crippen molar-refractivity contribution in [3.63, 3.8) is 0 Å². The molecule has 1 heterocycles. The van der Waals surface area contributed by atoms with Gasteiger partial charge in [0.1, 0.15) is 10.8 Å². The van der Waals surface area contributed by atoms with Crippen molar-refractivity contribution in [2.75, 3.05) is 6.61 Å². The van der Waals surface area contributed by atoms with Gasteiger partial charge in [0, 0.05) is 0 Å². The van der Waals surface area contributed by atoms with Gasteiger partial charge in [0.2, 0.25) is 0 Å². The zero-order valence-corrected chi connectivity index (χ0v) is 16.4. The van der Waals surface area contributed by atoms with Gasteiger partial charge in [0.15, 0.2) is 0 Å². The lowest BCUT2D eigenvalue weighted by Gasteiger charge is -2.33. The van der Waals surface area contributed by atoms with E-state index in [0.717, 1.165) is 32.1 Å². The first-order valence-electron chi connectivity index (χ1n) is 9.58. The van der Waals surface area contributed by atoms with Gasteiger partial charge in [-0.25, -0.2) is 4.79 Å². The van der Waals surface area contributed by atoms with Crippen LogP contribution >= 0.6 is 11.8 Å². The summed E-state index contributed by atoms with van der Waals surface area (Å²) in [7, 11) is 0. The second-order valence-corrected chi connectivity index (χ2v) is 7.87. The fourth-order valence-electron chi connectivity index (χ4n) is 3.03. The Morgan fingerprint density at radius 2 is 1.72 bits per heavy atom. The average molecular weight is 372 g/mol. The molecule has 144 valence electrons. The van der Waals surface area contributed by atoms with Crippen LogP contribution in [0.15, 0.2) is 11.5 Å². The zero-order valence-electron chi connectivity index (χ0n) is 15.6. The number of carboxylic acids is 1. The molecule has 6 heteroatoms. The maximum atomic E-state index is 12.2. The van der Waals surface area contributed by atoms with Crippen molar-refractivity contribution >= 4 is 23.8 Å². The molecular weight excluding hydrogens is 338 g/mol. The normalized spacial score (nSPS) is 22.1. The number of unbranched alkanes of at least 4 members (excludes halogenated alkanes) is 7. The topological polar surface area (TPSA) is 75.6 Å². The second-order valence-electron chi connectivity index (χ2n) is 6.64. The summed E-state index contributed by atoms with van der Waals surface area (Å²) >= 11 is 1.38. The number of amides is 1. The Balaban J connectivity index is 2.43. The molecule has 0 aromatic carbocycles. The predicted octanol–water partition coefficient (Wildman–Crippen LogP) is 5.31.